The van der Waals surface area contributed by atoms with Crippen LogP contribution in [0, 0.1) is 6.92 Å². The molecule has 3 nitrogen and oxygen atoms in total. The molecule has 0 radical (unpaired) electrons. The number of benzene rings is 2. The van der Waals surface area contributed by atoms with Crippen molar-refractivity contribution in [2.75, 3.05) is 17.2 Å². The zero-order valence-electron chi connectivity index (χ0n) is 12.7. The Hall–Kier alpha value is -2.29. The molecule has 0 atom stereocenters. The van der Waals surface area contributed by atoms with Gasteiger partial charge in [-0.05, 0) is 43.2 Å². The topological polar surface area (TPSA) is 46.3 Å². The molecule has 2 rings (SSSR count). The fourth-order valence-electron chi connectivity index (χ4n) is 2.29. The van der Waals surface area contributed by atoms with E-state index in [0.717, 1.165) is 24.1 Å². The number of para-hydroxylation sites is 1. The van der Waals surface area contributed by atoms with E-state index in [0.29, 0.717) is 17.8 Å². The summed E-state index contributed by atoms with van der Waals surface area (Å²) >= 11 is 0. The molecule has 0 bridgehead atoms. The lowest BCUT2D eigenvalue weighted by atomic mass is 10.1. The molecule has 0 unspecified atom stereocenters. The Labute approximate surface area is 126 Å². The quantitative estimate of drug-likeness (QED) is 0.842. The number of hydrogen-bond donors (Lipinski definition) is 1. The zero-order valence-corrected chi connectivity index (χ0v) is 12.7. The molecule has 0 fully saturated rings. The van der Waals surface area contributed by atoms with E-state index >= 15 is 0 Å². The maximum Gasteiger partial charge on any atom is 0.258 e. The minimum atomic E-state index is 0.0134. The average Bonchev–Trinajstić information content (AvgIpc) is 2.51. The number of anilines is 2. The lowest BCUT2D eigenvalue weighted by Crippen LogP contribution is -2.32. The van der Waals surface area contributed by atoms with Gasteiger partial charge in [0.25, 0.3) is 5.91 Å². The van der Waals surface area contributed by atoms with Gasteiger partial charge in [0.15, 0.2) is 0 Å². The first kappa shape index (κ1) is 15.1. The molecule has 0 heterocycles. The van der Waals surface area contributed by atoms with Crippen molar-refractivity contribution < 1.29 is 4.79 Å². The molecule has 0 spiro atoms. The fraction of sp³-hybridized carbons (Fsp3) is 0.278. The number of amides is 1. The summed E-state index contributed by atoms with van der Waals surface area (Å²) in [6.45, 7) is 4.78. The Bertz CT molecular complexity index is 608. The van der Waals surface area contributed by atoms with Crippen molar-refractivity contribution >= 4 is 17.3 Å². The van der Waals surface area contributed by atoms with Gasteiger partial charge in [-0.15, -0.1) is 0 Å². The van der Waals surface area contributed by atoms with Gasteiger partial charge in [-0.25, -0.2) is 0 Å². The van der Waals surface area contributed by atoms with E-state index in [1.807, 2.05) is 54.3 Å². The second-order valence-electron chi connectivity index (χ2n) is 5.22. The number of nitrogens with two attached hydrogens (primary N) is 1. The number of aryl methyl sites for hydroxylation is 1. The average molecular weight is 282 g/mol. The van der Waals surface area contributed by atoms with Crippen molar-refractivity contribution in [1.82, 2.24) is 0 Å². The molecule has 0 aliphatic heterocycles. The van der Waals surface area contributed by atoms with Crippen molar-refractivity contribution in [2.45, 2.75) is 26.7 Å². The predicted octanol–water partition coefficient (Wildman–Crippen LogP) is 4.02. The summed E-state index contributed by atoms with van der Waals surface area (Å²) in [5.41, 5.74) is 9.01. The molecule has 0 aromatic heterocycles. The lowest BCUT2D eigenvalue weighted by molar-refractivity contribution is 0.0986. The normalized spacial score (nSPS) is 10.4. The summed E-state index contributed by atoms with van der Waals surface area (Å²) in [7, 11) is 0. The first-order valence-electron chi connectivity index (χ1n) is 7.36. The number of nitrogen functional groups attached to an aromatic ring is 1. The van der Waals surface area contributed by atoms with Gasteiger partial charge in [0.05, 0.1) is 0 Å². The van der Waals surface area contributed by atoms with Gasteiger partial charge >= 0.3 is 0 Å². The molecular weight excluding hydrogens is 260 g/mol. The van der Waals surface area contributed by atoms with E-state index in [2.05, 4.69) is 6.92 Å². The molecule has 2 aromatic carbocycles. The molecule has 2 N–H and O–H groups in total. The highest BCUT2D eigenvalue weighted by Crippen LogP contribution is 2.21. The Morgan fingerprint density at radius 2 is 1.86 bits per heavy atom. The van der Waals surface area contributed by atoms with E-state index in [9.17, 15) is 4.79 Å². The molecule has 2 aromatic rings. The van der Waals surface area contributed by atoms with Crippen LogP contribution in [-0.4, -0.2) is 12.5 Å². The minimum absolute atomic E-state index is 0.0134. The highest BCUT2D eigenvalue weighted by Gasteiger charge is 2.19. The summed E-state index contributed by atoms with van der Waals surface area (Å²) in [6, 6.07) is 15.3. The molecule has 0 saturated carbocycles. The summed E-state index contributed by atoms with van der Waals surface area (Å²) in [6.07, 6.45) is 2.02. The smallest absolute Gasteiger partial charge is 0.258 e. The van der Waals surface area contributed by atoms with Crippen molar-refractivity contribution in [3.05, 3.63) is 59.7 Å². The van der Waals surface area contributed by atoms with E-state index in [1.54, 1.807) is 6.07 Å². The second-order valence-corrected chi connectivity index (χ2v) is 5.22. The summed E-state index contributed by atoms with van der Waals surface area (Å²) in [5.74, 6) is 0.0134. The van der Waals surface area contributed by atoms with E-state index in [-0.39, 0.29) is 5.91 Å². The van der Waals surface area contributed by atoms with Crippen LogP contribution in [0.5, 0.6) is 0 Å². The molecular formula is C18H22N2O. The Kier molecular flexibility index (Phi) is 4.99. The van der Waals surface area contributed by atoms with E-state index < -0.39 is 0 Å². The standard InChI is InChI=1S/C18H22N2O/c1-3-4-12-20(16-8-6-5-7-9-16)18(21)17-13-15(19)11-10-14(17)2/h5-11,13H,3-4,12,19H2,1-2H3. The maximum atomic E-state index is 12.9. The first-order valence-corrected chi connectivity index (χ1v) is 7.36. The van der Waals surface area contributed by atoms with Gasteiger partial charge in [-0.1, -0.05) is 37.6 Å². The summed E-state index contributed by atoms with van der Waals surface area (Å²) in [4.78, 5) is 14.7. The Balaban J connectivity index is 2.36. The predicted molar refractivity (Wildman–Crippen MR) is 88.6 cm³/mol. The van der Waals surface area contributed by atoms with Crippen LogP contribution in [0.15, 0.2) is 48.5 Å². The van der Waals surface area contributed by atoms with Gasteiger partial charge in [-0.2, -0.15) is 0 Å². The molecule has 21 heavy (non-hydrogen) atoms. The SMILES string of the molecule is CCCCN(C(=O)c1cc(N)ccc1C)c1ccccc1. The third-order valence-electron chi connectivity index (χ3n) is 3.54. The van der Waals surface area contributed by atoms with Crippen LogP contribution >= 0.6 is 0 Å². The maximum absolute atomic E-state index is 12.9. The van der Waals surface area contributed by atoms with Gasteiger partial charge < -0.3 is 10.6 Å². The minimum Gasteiger partial charge on any atom is -0.399 e. The third-order valence-corrected chi connectivity index (χ3v) is 3.54. The third kappa shape index (κ3) is 3.63. The van der Waals surface area contributed by atoms with E-state index in [1.165, 1.54) is 0 Å². The van der Waals surface area contributed by atoms with Crippen LogP contribution in [0.2, 0.25) is 0 Å². The molecule has 3 heteroatoms. The highest BCUT2D eigenvalue weighted by atomic mass is 16.2. The first-order chi connectivity index (χ1) is 10.1. The fourth-order valence-corrected chi connectivity index (χ4v) is 2.29. The van der Waals surface area contributed by atoms with Crippen LogP contribution in [0.25, 0.3) is 0 Å². The molecule has 110 valence electrons. The van der Waals surface area contributed by atoms with Crippen LogP contribution in [-0.2, 0) is 0 Å². The summed E-state index contributed by atoms with van der Waals surface area (Å²) < 4.78 is 0. The highest BCUT2D eigenvalue weighted by molar-refractivity contribution is 6.07. The van der Waals surface area contributed by atoms with Gasteiger partial charge in [-0.3, -0.25) is 4.79 Å². The van der Waals surface area contributed by atoms with Crippen molar-refractivity contribution in [3.8, 4) is 0 Å². The van der Waals surface area contributed by atoms with E-state index in [4.69, 9.17) is 5.73 Å². The lowest BCUT2D eigenvalue weighted by Gasteiger charge is -2.23. The van der Waals surface area contributed by atoms with Gasteiger partial charge in [0.1, 0.15) is 0 Å². The number of rotatable bonds is 5. The second kappa shape index (κ2) is 6.93. The number of hydrogen-bond acceptors (Lipinski definition) is 2. The van der Waals surface area contributed by atoms with Gasteiger partial charge in [0, 0.05) is 23.5 Å². The number of carbonyl (C=O) groups is 1. The number of carbonyl (C=O) groups excluding carboxylic acids is 1. The van der Waals surface area contributed by atoms with Crippen molar-refractivity contribution in [3.63, 3.8) is 0 Å². The van der Waals surface area contributed by atoms with Crippen LogP contribution in [0.3, 0.4) is 0 Å². The van der Waals surface area contributed by atoms with Crippen LogP contribution in [0.1, 0.15) is 35.7 Å². The molecule has 0 saturated heterocycles. The largest absolute Gasteiger partial charge is 0.399 e. The van der Waals surface area contributed by atoms with Crippen molar-refractivity contribution in [2.24, 2.45) is 0 Å². The Morgan fingerprint density at radius 1 is 1.14 bits per heavy atom. The molecule has 0 aliphatic carbocycles. The van der Waals surface area contributed by atoms with Crippen molar-refractivity contribution in [1.29, 1.82) is 0 Å². The van der Waals surface area contributed by atoms with Crippen LogP contribution in [0.4, 0.5) is 11.4 Å². The number of nitrogens with zero attached hydrogens (tertiary/aromatic N) is 1. The van der Waals surface area contributed by atoms with Crippen LogP contribution < -0.4 is 10.6 Å². The summed E-state index contributed by atoms with van der Waals surface area (Å²) in [5, 5.41) is 0. The monoisotopic (exact) mass is 282 g/mol. The Morgan fingerprint density at radius 3 is 2.52 bits per heavy atom. The molecule has 0 aliphatic rings. The zero-order chi connectivity index (χ0) is 15.2. The molecule has 1 amide bonds. The number of unbranched alkanes of at least 4 members (excludes halogenated alkanes) is 1. The van der Waals surface area contributed by atoms with Gasteiger partial charge in [0.2, 0.25) is 0 Å².